The fraction of sp³-hybridized carbons (Fsp3) is 0.417. The maximum absolute atomic E-state index is 11.6. The van der Waals surface area contributed by atoms with Crippen LogP contribution in [0.15, 0.2) is 24.3 Å². The molecule has 0 aliphatic heterocycles. The summed E-state index contributed by atoms with van der Waals surface area (Å²) in [4.78, 5) is 11.6. The zero-order chi connectivity index (χ0) is 12.0. The molecule has 0 heterocycles. The van der Waals surface area contributed by atoms with E-state index in [0.717, 1.165) is 5.56 Å². The van der Waals surface area contributed by atoms with Crippen LogP contribution in [0.1, 0.15) is 18.9 Å². The molecule has 0 aliphatic rings. The molecule has 0 aromatic heterocycles. The van der Waals surface area contributed by atoms with Crippen LogP contribution >= 0.6 is 11.6 Å². The average molecular weight is 241 g/mol. The summed E-state index contributed by atoms with van der Waals surface area (Å²) in [6, 6.07) is 7.42. The zero-order valence-corrected chi connectivity index (χ0v) is 10.1. The molecule has 0 fully saturated rings. The topological polar surface area (TPSA) is 55.1 Å². The van der Waals surface area contributed by atoms with Gasteiger partial charge in [-0.3, -0.25) is 4.79 Å². The van der Waals surface area contributed by atoms with Crippen LogP contribution < -0.4 is 11.1 Å². The third-order valence-electron chi connectivity index (χ3n) is 2.43. The van der Waals surface area contributed by atoms with Crippen LogP contribution in [0.5, 0.6) is 0 Å². The lowest BCUT2D eigenvalue weighted by atomic mass is 10.1. The number of benzene rings is 1. The highest BCUT2D eigenvalue weighted by molar-refractivity contribution is 6.30. The Morgan fingerprint density at radius 2 is 2.06 bits per heavy atom. The number of hydrogen-bond acceptors (Lipinski definition) is 2. The molecule has 1 aromatic rings. The van der Waals surface area contributed by atoms with E-state index in [9.17, 15) is 4.79 Å². The van der Waals surface area contributed by atoms with Gasteiger partial charge in [-0.2, -0.15) is 0 Å². The Balaban J connectivity index is 2.39. The lowest BCUT2D eigenvalue weighted by molar-refractivity contribution is -0.124. The van der Waals surface area contributed by atoms with Gasteiger partial charge in [-0.25, -0.2) is 0 Å². The number of nitrogens with one attached hydrogen (secondary N) is 1. The molecule has 1 unspecified atom stereocenters. The predicted molar refractivity (Wildman–Crippen MR) is 66.1 cm³/mol. The van der Waals surface area contributed by atoms with Crippen molar-refractivity contribution in [3.63, 3.8) is 0 Å². The molecule has 1 rings (SSSR count). The van der Waals surface area contributed by atoms with E-state index in [1.165, 1.54) is 0 Å². The van der Waals surface area contributed by atoms with E-state index in [-0.39, 0.29) is 11.8 Å². The minimum atomic E-state index is -0.0303. The maximum Gasteiger partial charge on any atom is 0.223 e. The fourth-order valence-electron chi connectivity index (χ4n) is 1.35. The van der Waals surface area contributed by atoms with Gasteiger partial charge in [0, 0.05) is 17.5 Å². The van der Waals surface area contributed by atoms with Gasteiger partial charge in [-0.05, 0) is 30.7 Å². The Morgan fingerprint density at radius 3 is 2.62 bits per heavy atom. The van der Waals surface area contributed by atoms with E-state index >= 15 is 0 Å². The third kappa shape index (κ3) is 4.21. The quantitative estimate of drug-likeness (QED) is 0.827. The molecular formula is C12H17ClN2O. The molecule has 0 saturated heterocycles. The van der Waals surface area contributed by atoms with Gasteiger partial charge >= 0.3 is 0 Å². The van der Waals surface area contributed by atoms with Crippen molar-refractivity contribution in [2.24, 2.45) is 11.7 Å². The third-order valence-corrected chi connectivity index (χ3v) is 2.68. The molecule has 1 atom stereocenters. The van der Waals surface area contributed by atoms with Gasteiger partial charge in [-0.1, -0.05) is 30.7 Å². The Kier molecular flexibility index (Phi) is 5.29. The summed E-state index contributed by atoms with van der Waals surface area (Å²) in [5, 5.41) is 3.57. The van der Waals surface area contributed by atoms with E-state index in [2.05, 4.69) is 5.32 Å². The van der Waals surface area contributed by atoms with Crippen LogP contribution in [-0.4, -0.2) is 12.5 Å². The van der Waals surface area contributed by atoms with Gasteiger partial charge < -0.3 is 11.1 Å². The summed E-state index contributed by atoms with van der Waals surface area (Å²) < 4.78 is 0. The van der Waals surface area contributed by atoms with E-state index in [1.807, 2.05) is 31.2 Å². The van der Waals surface area contributed by atoms with Gasteiger partial charge in [-0.15, -0.1) is 0 Å². The van der Waals surface area contributed by atoms with Crippen molar-refractivity contribution in [3.8, 4) is 0 Å². The van der Waals surface area contributed by atoms with E-state index in [1.54, 1.807) is 0 Å². The molecule has 1 aromatic carbocycles. The number of rotatable bonds is 5. The first-order valence-electron chi connectivity index (χ1n) is 5.35. The highest BCUT2D eigenvalue weighted by Gasteiger charge is 2.10. The molecule has 16 heavy (non-hydrogen) atoms. The molecule has 88 valence electrons. The normalized spacial score (nSPS) is 12.2. The largest absolute Gasteiger partial charge is 0.352 e. The number of carbonyl (C=O) groups excluding carboxylic acids is 1. The van der Waals surface area contributed by atoms with Crippen molar-refractivity contribution in [1.29, 1.82) is 0 Å². The predicted octanol–water partition coefficient (Wildman–Crippen LogP) is 1.94. The van der Waals surface area contributed by atoms with Crippen molar-refractivity contribution in [2.75, 3.05) is 6.54 Å². The highest BCUT2D eigenvalue weighted by Crippen LogP contribution is 2.09. The summed E-state index contributed by atoms with van der Waals surface area (Å²) in [6.07, 6.45) is 0.715. The Morgan fingerprint density at radius 1 is 1.44 bits per heavy atom. The second-order valence-corrected chi connectivity index (χ2v) is 4.26. The summed E-state index contributed by atoms with van der Waals surface area (Å²) in [5.74, 6) is 0.0118. The monoisotopic (exact) mass is 240 g/mol. The van der Waals surface area contributed by atoms with E-state index in [0.29, 0.717) is 24.5 Å². The van der Waals surface area contributed by atoms with Crippen LogP contribution in [0.2, 0.25) is 5.02 Å². The van der Waals surface area contributed by atoms with Crippen molar-refractivity contribution < 1.29 is 4.79 Å². The molecule has 0 bridgehead atoms. The highest BCUT2D eigenvalue weighted by atomic mass is 35.5. The number of nitrogens with two attached hydrogens (primary N) is 1. The molecule has 0 radical (unpaired) electrons. The van der Waals surface area contributed by atoms with Crippen molar-refractivity contribution in [1.82, 2.24) is 5.32 Å². The van der Waals surface area contributed by atoms with Gasteiger partial charge in [0.25, 0.3) is 0 Å². The van der Waals surface area contributed by atoms with Crippen LogP contribution in [0, 0.1) is 5.92 Å². The molecular weight excluding hydrogens is 224 g/mol. The van der Waals surface area contributed by atoms with E-state index < -0.39 is 0 Å². The number of amides is 1. The summed E-state index contributed by atoms with van der Waals surface area (Å²) in [6.45, 7) is 2.95. The van der Waals surface area contributed by atoms with Crippen LogP contribution in [0.3, 0.4) is 0 Å². The number of halogens is 1. The molecule has 3 N–H and O–H groups in total. The molecule has 3 nitrogen and oxygen atoms in total. The molecule has 0 spiro atoms. The van der Waals surface area contributed by atoms with Crippen LogP contribution in [0.4, 0.5) is 0 Å². The van der Waals surface area contributed by atoms with E-state index in [4.69, 9.17) is 17.3 Å². The minimum absolute atomic E-state index is 0.0303. The second kappa shape index (κ2) is 6.51. The lowest BCUT2D eigenvalue weighted by Gasteiger charge is -2.10. The Hall–Kier alpha value is -1.06. The SMILES string of the molecule is CC(CCN)C(=O)NCc1ccc(Cl)cc1. The summed E-state index contributed by atoms with van der Waals surface area (Å²) in [5.41, 5.74) is 6.44. The molecule has 0 saturated carbocycles. The van der Waals surface area contributed by atoms with Crippen LogP contribution in [-0.2, 0) is 11.3 Å². The lowest BCUT2D eigenvalue weighted by Crippen LogP contribution is -2.29. The van der Waals surface area contributed by atoms with Crippen molar-refractivity contribution in [2.45, 2.75) is 19.9 Å². The van der Waals surface area contributed by atoms with Gasteiger partial charge in [0.05, 0.1) is 0 Å². The Bertz CT molecular complexity index is 337. The van der Waals surface area contributed by atoms with Crippen molar-refractivity contribution in [3.05, 3.63) is 34.9 Å². The fourth-order valence-corrected chi connectivity index (χ4v) is 1.47. The first-order valence-corrected chi connectivity index (χ1v) is 5.73. The average Bonchev–Trinajstić information content (AvgIpc) is 2.28. The molecule has 4 heteroatoms. The molecule has 1 amide bonds. The molecule has 0 aliphatic carbocycles. The van der Waals surface area contributed by atoms with Crippen molar-refractivity contribution >= 4 is 17.5 Å². The Labute approximate surface area is 101 Å². The number of carbonyl (C=O) groups is 1. The van der Waals surface area contributed by atoms with Gasteiger partial charge in [0.2, 0.25) is 5.91 Å². The van der Waals surface area contributed by atoms with Gasteiger partial charge in [0.15, 0.2) is 0 Å². The second-order valence-electron chi connectivity index (χ2n) is 3.82. The number of hydrogen-bond donors (Lipinski definition) is 2. The summed E-state index contributed by atoms with van der Waals surface area (Å²) >= 11 is 5.76. The first-order chi connectivity index (χ1) is 7.63. The smallest absolute Gasteiger partial charge is 0.223 e. The maximum atomic E-state index is 11.6. The van der Waals surface area contributed by atoms with Crippen LogP contribution in [0.25, 0.3) is 0 Å². The standard InChI is InChI=1S/C12H17ClN2O/c1-9(6-7-14)12(16)15-8-10-2-4-11(13)5-3-10/h2-5,9H,6-8,14H2,1H3,(H,15,16). The minimum Gasteiger partial charge on any atom is -0.352 e. The summed E-state index contributed by atoms with van der Waals surface area (Å²) in [7, 11) is 0. The zero-order valence-electron chi connectivity index (χ0n) is 9.37. The van der Waals surface area contributed by atoms with Gasteiger partial charge in [0.1, 0.15) is 0 Å². The first kappa shape index (κ1) is 13.0.